The number of hydrogen-bond acceptors (Lipinski definition) is 5. The molecule has 3 aliphatic rings. The van der Waals surface area contributed by atoms with E-state index in [1.807, 2.05) is 13.0 Å². The highest BCUT2D eigenvalue weighted by Crippen LogP contribution is 2.77. The molecule has 0 unspecified atom stereocenters. The van der Waals surface area contributed by atoms with E-state index in [1.165, 1.54) is 0 Å². The van der Waals surface area contributed by atoms with Gasteiger partial charge in [-0.15, -0.1) is 0 Å². The topological polar surface area (TPSA) is 113 Å². The predicted octanol–water partition coefficient (Wildman–Crippen LogP) is 5.10. The highest BCUT2D eigenvalue weighted by Gasteiger charge is 2.80. The molecule has 3 amide bonds. The van der Waals surface area contributed by atoms with Crippen LogP contribution >= 0.6 is 11.6 Å². The van der Waals surface area contributed by atoms with Crippen molar-refractivity contribution in [2.24, 2.45) is 5.92 Å². The molecule has 178 valence electrons. The molecule has 4 N–H and O–H groups in total. The Bertz CT molecular complexity index is 1390. The second-order valence-electron chi connectivity index (χ2n) is 9.37. The van der Waals surface area contributed by atoms with Gasteiger partial charge in [0.15, 0.2) is 0 Å². The van der Waals surface area contributed by atoms with Crippen LogP contribution < -0.4 is 20.7 Å². The molecule has 9 heteroatoms. The van der Waals surface area contributed by atoms with Crippen molar-refractivity contribution in [3.05, 3.63) is 70.4 Å². The molecule has 2 aromatic carbocycles. The number of anilines is 2. The fourth-order valence-corrected chi connectivity index (χ4v) is 5.31. The second-order valence-corrected chi connectivity index (χ2v) is 9.81. The van der Waals surface area contributed by atoms with Gasteiger partial charge in [0.25, 0.3) is 0 Å². The summed E-state index contributed by atoms with van der Waals surface area (Å²) in [6, 6.07) is 11.9. The van der Waals surface area contributed by atoms with E-state index in [0.29, 0.717) is 40.9 Å². The molecular formula is C26H23ClN4O4. The normalized spacial score (nSPS) is 23.4. The number of phenolic OH excluding ortho intramolecular Hbond substituents is 1. The Morgan fingerprint density at radius 2 is 2.09 bits per heavy atom. The zero-order chi connectivity index (χ0) is 24.3. The molecule has 1 aliphatic heterocycles. The van der Waals surface area contributed by atoms with Crippen molar-refractivity contribution in [1.82, 2.24) is 10.3 Å². The number of amides is 3. The van der Waals surface area contributed by atoms with Gasteiger partial charge < -0.3 is 25.8 Å². The Labute approximate surface area is 206 Å². The van der Waals surface area contributed by atoms with E-state index in [1.54, 1.807) is 42.6 Å². The number of urea groups is 1. The lowest BCUT2D eigenvalue weighted by atomic mass is 9.99. The summed E-state index contributed by atoms with van der Waals surface area (Å²) in [5, 5.41) is 19.9. The molecule has 2 heterocycles. The standard InChI is InChI=1S/C26H23ClN4O4/c1-13-10-14(27)2-5-19(13)29-25(34)31-26-12-18(26)23(26)17-11-15(3-6-20(17)32)35-21-8-9-28-24-16(21)4-7-22(33)30-24/h2-3,5-6,8-11,18,23,32H,4,7,12H2,1H3,(H,28,30,33)(H2,29,31,34)/t18-,23+,26-/m0/s1. The summed E-state index contributed by atoms with van der Waals surface area (Å²) in [6.45, 7) is 1.89. The second kappa shape index (κ2) is 7.88. The minimum atomic E-state index is -0.347. The SMILES string of the molecule is Cc1cc(Cl)ccc1NC(=O)N[C@@]12C[C@H]1[C@H]2c1cc(Oc2ccnc3c2CCC(=O)N3)ccc1O. The first-order valence-electron chi connectivity index (χ1n) is 11.5. The van der Waals surface area contributed by atoms with Gasteiger partial charge in [-0.2, -0.15) is 0 Å². The Balaban J connectivity index is 1.17. The number of aromatic hydroxyl groups is 1. The maximum atomic E-state index is 12.7. The van der Waals surface area contributed by atoms with Crippen LogP contribution in [0.25, 0.3) is 0 Å². The van der Waals surface area contributed by atoms with Gasteiger partial charge in [-0.1, -0.05) is 11.6 Å². The molecule has 0 bridgehead atoms. The molecule has 3 atom stereocenters. The van der Waals surface area contributed by atoms with Crippen molar-refractivity contribution in [3.63, 3.8) is 0 Å². The molecule has 6 rings (SSSR count). The van der Waals surface area contributed by atoms with Crippen molar-refractivity contribution >= 4 is 35.0 Å². The van der Waals surface area contributed by atoms with Gasteiger partial charge in [-0.3, -0.25) is 4.79 Å². The van der Waals surface area contributed by atoms with E-state index in [2.05, 4.69) is 20.9 Å². The molecule has 0 saturated heterocycles. The molecule has 35 heavy (non-hydrogen) atoms. The third-order valence-electron chi connectivity index (χ3n) is 7.12. The van der Waals surface area contributed by atoms with Crippen LogP contribution in [0.5, 0.6) is 17.2 Å². The van der Waals surface area contributed by atoms with Crippen molar-refractivity contribution < 1.29 is 19.4 Å². The average Bonchev–Trinajstić information content (AvgIpc) is 3.67. The molecule has 1 aromatic heterocycles. The van der Waals surface area contributed by atoms with Crippen LogP contribution in [-0.4, -0.2) is 27.6 Å². The van der Waals surface area contributed by atoms with E-state index in [9.17, 15) is 14.7 Å². The van der Waals surface area contributed by atoms with Crippen LogP contribution in [0.15, 0.2) is 48.7 Å². The van der Waals surface area contributed by atoms with Gasteiger partial charge in [0.1, 0.15) is 23.1 Å². The number of rotatable bonds is 5. The maximum Gasteiger partial charge on any atom is 0.319 e. The molecule has 2 aliphatic carbocycles. The van der Waals surface area contributed by atoms with Gasteiger partial charge in [0, 0.05) is 40.4 Å². The van der Waals surface area contributed by atoms with Crippen molar-refractivity contribution in [2.75, 3.05) is 10.6 Å². The third kappa shape index (κ3) is 3.83. The highest BCUT2D eigenvalue weighted by atomic mass is 35.5. The summed E-state index contributed by atoms with van der Waals surface area (Å²) in [5.74, 6) is 2.14. The quantitative estimate of drug-likeness (QED) is 0.397. The smallest absolute Gasteiger partial charge is 0.319 e. The number of nitrogens with zero attached hydrogens (tertiary/aromatic N) is 1. The zero-order valence-electron chi connectivity index (χ0n) is 18.9. The number of carbonyl (C=O) groups is 2. The number of aryl methyl sites for hydroxylation is 1. The summed E-state index contributed by atoms with van der Waals surface area (Å²) < 4.78 is 6.14. The largest absolute Gasteiger partial charge is 0.508 e. The minimum absolute atomic E-state index is 0.0220. The predicted molar refractivity (Wildman–Crippen MR) is 131 cm³/mol. The molecule has 8 nitrogen and oxygen atoms in total. The minimum Gasteiger partial charge on any atom is -0.508 e. The van der Waals surface area contributed by atoms with Crippen LogP contribution in [-0.2, 0) is 11.2 Å². The van der Waals surface area contributed by atoms with Crippen LogP contribution in [0.1, 0.15) is 35.4 Å². The van der Waals surface area contributed by atoms with E-state index < -0.39 is 0 Å². The van der Waals surface area contributed by atoms with Gasteiger partial charge in [-0.25, -0.2) is 9.78 Å². The number of ether oxygens (including phenoxy) is 1. The average molecular weight is 491 g/mol. The molecule has 0 radical (unpaired) electrons. The molecular weight excluding hydrogens is 468 g/mol. The van der Waals surface area contributed by atoms with Crippen molar-refractivity contribution in [1.29, 1.82) is 0 Å². The molecule has 3 aromatic rings. The first-order chi connectivity index (χ1) is 16.8. The Morgan fingerprint density at radius 3 is 2.89 bits per heavy atom. The number of fused-ring (bicyclic) bond motifs is 2. The Morgan fingerprint density at radius 1 is 1.23 bits per heavy atom. The Kier molecular flexibility index (Phi) is 4.89. The van der Waals surface area contributed by atoms with Crippen molar-refractivity contribution in [3.8, 4) is 17.2 Å². The van der Waals surface area contributed by atoms with Crippen LogP contribution in [0.3, 0.4) is 0 Å². The monoisotopic (exact) mass is 490 g/mol. The van der Waals surface area contributed by atoms with Gasteiger partial charge >= 0.3 is 6.03 Å². The number of hydrogen-bond donors (Lipinski definition) is 4. The lowest BCUT2D eigenvalue weighted by Gasteiger charge is -2.20. The summed E-state index contributed by atoms with van der Waals surface area (Å²) in [7, 11) is 0. The van der Waals surface area contributed by atoms with E-state index >= 15 is 0 Å². The van der Waals surface area contributed by atoms with Crippen molar-refractivity contribution in [2.45, 2.75) is 37.6 Å². The molecule has 2 saturated carbocycles. The molecule has 0 spiro atoms. The molecule has 2 fully saturated rings. The van der Waals surface area contributed by atoms with Crippen LogP contribution in [0, 0.1) is 12.8 Å². The van der Waals surface area contributed by atoms with Gasteiger partial charge in [0.05, 0.1) is 5.54 Å². The number of aromatic nitrogens is 1. The van der Waals surface area contributed by atoms with Crippen LogP contribution in [0.2, 0.25) is 5.02 Å². The first kappa shape index (κ1) is 21.7. The number of halogens is 1. The zero-order valence-corrected chi connectivity index (χ0v) is 19.6. The van der Waals surface area contributed by atoms with Crippen LogP contribution in [0.4, 0.5) is 16.3 Å². The van der Waals surface area contributed by atoms with Gasteiger partial charge in [-0.05, 0) is 73.7 Å². The first-order valence-corrected chi connectivity index (χ1v) is 11.9. The number of phenols is 1. The highest BCUT2D eigenvalue weighted by molar-refractivity contribution is 6.30. The number of pyridine rings is 1. The lowest BCUT2D eigenvalue weighted by molar-refractivity contribution is -0.116. The fraction of sp³-hybridized carbons (Fsp3) is 0.269. The van der Waals surface area contributed by atoms with Gasteiger partial charge in [0.2, 0.25) is 5.91 Å². The lowest BCUT2D eigenvalue weighted by Crippen LogP contribution is -2.36. The van der Waals surface area contributed by atoms with E-state index in [-0.39, 0.29) is 35.1 Å². The number of carbonyl (C=O) groups excluding carboxylic acids is 2. The fourth-order valence-electron chi connectivity index (χ4n) is 5.08. The Hall–Kier alpha value is -3.78. The number of nitrogens with one attached hydrogen (secondary N) is 3. The maximum absolute atomic E-state index is 12.7. The summed E-state index contributed by atoms with van der Waals surface area (Å²) >= 11 is 6.00. The summed E-state index contributed by atoms with van der Waals surface area (Å²) in [5.41, 5.74) is 2.83. The van der Waals surface area contributed by atoms with E-state index in [0.717, 1.165) is 23.1 Å². The number of benzene rings is 2. The third-order valence-corrected chi connectivity index (χ3v) is 7.36. The summed E-state index contributed by atoms with van der Waals surface area (Å²) in [6.07, 6.45) is 3.39. The summed E-state index contributed by atoms with van der Waals surface area (Å²) in [4.78, 5) is 28.6. The van der Waals surface area contributed by atoms with E-state index in [4.69, 9.17) is 16.3 Å².